The number of benzene rings is 1. The maximum Gasteiger partial charge on any atom is 0.331 e. The van der Waals surface area contributed by atoms with Gasteiger partial charge in [-0.15, -0.1) is 0 Å². The Morgan fingerprint density at radius 3 is 2.24 bits per heavy atom. The number of hydrogen-bond acceptors (Lipinski definition) is 9. The minimum absolute atomic E-state index is 0.248. The number of aliphatic hydroxyl groups is 2. The van der Waals surface area contributed by atoms with E-state index in [1.54, 1.807) is 33.8 Å². The summed E-state index contributed by atoms with van der Waals surface area (Å²) in [7, 11) is 0. The fourth-order valence-corrected chi connectivity index (χ4v) is 9.77. The highest BCUT2D eigenvalue weighted by Gasteiger charge is 2.95. The standard InChI is InChI=1S/C33H40O9/c1-18-23(36)17-31(39)28(41-21(4)35)33-19(2)24(42-25(37)14-13-22-11-9-8-10-12-22)15-16-30(33,7)26(38)27(40-20(3)34)32(18,33)29(31,5)6/h8-14,18,24,26-28,38-39H,2,15-17H2,1,3-7H3/b14-13+/t18-,24+,26+,27+,28-,30+,31-,32-,33-/m1/s1. The van der Waals surface area contributed by atoms with Crippen LogP contribution >= 0.6 is 0 Å². The number of aliphatic hydroxyl groups excluding tert-OH is 1. The highest BCUT2D eigenvalue weighted by Crippen LogP contribution is 2.87. The van der Waals surface area contributed by atoms with Gasteiger partial charge in [-0.1, -0.05) is 64.6 Å². The van der Waals surface area contributed by atoms with Crippen molar-refractivity contribution in [2.75, 3.05) is 0 Å². The molecule has 226 valence electrons. The minimum atomic E-state index is -1.90. The number of fused-ring (bicyclic) bond motifs is 1. The molecule has 9 nitrogen and oxygen atoms in total. The summed E-state index contributed by atoms with van der Waals surface area (Å²) >= 11 is 0. The molecule has 0 amide bonds. The van der Waals surface area contributed by atoms with E-state index >= 15 is 0 Å². The van der Waals surface area contributed by atoms with Crippen LogP contribution in [-0.4, -0.2) is 63.9 Å². The van der Waals surface area contributed by atoms with Gasteiger partial charge in [0, 0.05) is 48.5 Å². The van der Waals surface area contributed by atoms with Crippen LogP contribution in [0.4, 0.5) is 0 Å². The third-order valence-corrected chi connectivity index (χ3v) is 11.4. The SMILES string of the molecule is C=C1[C@@H](OC(=O)/C=C/c2ccccc2)CC[C@@]2(C)[C@@H](O)[C@H](OC(C)=O)[C@@]34[C@H](C)C(=O)C[C@@](O)([C@@H](OC(C)=O)[C@@]132)C4(C)C. The van der Waals surface area contributed by atoms with Crippen LogP contribution in [0.2, 0.25) is 0 Å². The molecule has 4 saturated carbocycles. The predicted molar refractivity (Wildman–Crippen MR) is 151 cm³/mol. The van der Waals surface area contributed by atoms with E-state index in [1.807, 2.05) is 30.3 Å². The molecule has 1 aromatic carbocycles. The Morgan fingerprint density at radius 1 is 1.02 bits per heavy atom. The zero-order valence-corrected chi connectivity index (χ0v) is 25.0. The molecule has 4 aliphatic rings. The highest BCUT2D eigenvalue weighted by atomic mass is 16.6. The lowest BCUT2D eigenvalue weighted by molar-refractivity contribution is -0.216. The molecule has 0 saturated heterocycles. The van der Waals surface area contributed by atoms with Gasteiger partial charge in [0.15, 0.2) is 0 Å². The minimum Gasteiger partial charge on any atom is -0.459 e. The van der Waals surface area contributed by atoms with Crippen LogP contribution in [0.25, 0.3) is 6.08 Å². The second kappa shape index (κ2) is 9.61. The van der Waals surface area contributed by atoms with Crippen LogP contribution < -0.4 is 0 Å². The van der Waals surface area contributed by atoms with Gasteiger partial charge < -0.3 is 24.4 Å². The number of esters is 3. The zero-order valence-electron chi connectivity index (χ0n) is 25.0. The van der Waals surface area contributed by atoms with E-state index in [4.69, 9.17) is 14.2 Å². The number of Topliss-reactive ketones (excluding diaryl/α,β-unsaturated/α-hetero) is 1. The van der Waals surface area contributed by atoms with Gasteiger partial charge in [-0.25, -0.2) is 4.79 Å². The lowest BCUT2D eigenvalue weighted by atomic mass is 9.42. The normalized spacial score (nSPS) is 41.7. The summed E-state index contributed by atoms with van der Waals surface area (Å²) in [4.78, 5) is 52.1. The molecule has 0 aliphatic heterocycles. The van der Waals surface area contributed by atoms with Crippen molar-refractivity contribution in [3.63, 3.8) is 0 Å². The van der Waals surface area contributed by atoms with Crippen LogP contribution in [0.3, 0.4) is 0 Å². The smallest absolute Gasteiger partial charge is 0.331 e. The first kappa shape index (κ1) is 30.2. The number of rotatable bonds is 5. The summed E-state index contributed by atoms with van der Waals surface area (Å²) in [6, 6.07) is 9.25. The Balaban J connectivity index is 1.72. The second-order valence-corrected chi connectivity index (χ2v) is 13.2. The van der Waals surface area contributed by atoms with Gasteiger partial charge in [0.25, 0.3) is 0 Å². The summed E-state index contributed by atoms with van der Waals surface area (Å²) in [6.07, 6.45) is -1.63. The quantitative estimate of drug-likeness (QED) is 0.232. The van der Waals surface area contributed by atoms with Crippen molar-refractivity contribution in [2.45, 2.75) is 90.8 Å². The highest BCUT2D eigenvalue weighted by molar-refractivity contribution is 5.88. The van der Waals surface area contributed by atoms with Crippen molar-refractivity contribution in [3.8, 4) is 0 Å². The van der Waals surface area contributed by atoms with Gasteiger partial charge in [-0.2, -0.15) is 0 Å². The average Bonchev–Trinajstić information content (AvgIpc) is 3.13. The Bertz CT molecular complexity index is 1380. The topological polar surface area (TPSA) is 136 Å². The molecule has 2 spiro atoms. The third kappa shape index (κ3) is 3.43. The summed E-state index contributed by atoms with van der Waals surface area (Å²) in [6.45, 7) is 13.9. The molecule has 2 N–H and O–H groups in total. The summed E-state index contributed by atoms with van der Waals surface area (Å²) in [5, 5.41) is 24.6. The fraction of sp³-hybridized carbons (Fsp3) is 0.576. The monoisotopic (exact) mass is 580 g/mol. The molecular formula is C33H40O9. The van der Waals surface area contributed by atoms with E-state index in [1.165, 1.54) is 19.9 Å². The molecule has 5 rings (SSSR count). The summed E-state index contributed by atoms with van der Waals surface area (Å²) in [5.74, 6) is -3.13. The molecule has 0 unspecified atom stereocenters. The van der Waals surface area contributed by atoms with E-state index < -0.39 is 75.5 Å². The van der Waals surface area contributed by atoms with Gasteiger partial charge >= 0.3 is 17.9 Å². The van der Waals surface area contributed by atoms with Gasteiger partial charge in [0.1, 0.15) is 29.7 Å². The first-order valence-electron chi connectivity index (χ1n) is 14.4. The van der Waals surface area contributed by atoms with Crippen molar-refractivity contribution < 1.29 is 43.6 Å². The number of carbonyl (C=O) groups is 4. The molecule has 0 aromatic heterocycles. The molecule has 2 bridgehead atoms. The molecule has 42 heavy (non-hydrogen) atoms. The molecule has 4 aliphatic carbocycles. The lowest BCUT2D eigenvalue weighted by Gasteiger charge is -2.60. The first-order chi connectivity index (χ1) is 19.5. The molecule has 0 radical (unpaired) electrons. The molecule has 4 fully saturated rings. The average molecular weight is 581 g/mol. The molecule has 1 aromatic rings. The van der Waals surface area contributed by atoms with Crippen molar-refractivity contribution in [3.05, 3.63) is 54.1 Å². The largest absolute Gasteiger partial charge is 0.459 e. The van der Waals surface area contributed by atoms with E-state index in [0.717, 1.165) is 5.56 Å². The van der Waals surface area contributed by atoms with Crippen molar-refractivity contribution >= 4 is 29.8 Å². The Kier molecular flexibility index (Phi) is 6.90. The molecule has 9 atom stereocenters. The summed E-state index contributed by atoms with van der Waals surface area (Å²) in [5.41, 5.74) is -6.18. The number of carbonyl (C=O) groups excluding carboxylic acids is 4. The van der Waals surface area contributed by atoms with Gasteiger partial charge in [0.2, 0.25) is 0 Å². The Labute approximate surface area is 245 Å². The second-order valence-electron chi connectivity index (χ2n) is 13.2. The first-order valence-corrected chi connectivity index (χ1v) is 14.4. The van der Waals surface area contributed by atoms with E-state index in [9.17, 15) is 29.4 Å². The van der Waals surface area contributed by atoms with Crippen molar-refractivity contribution in [1.82, 2.24) is 0 Å². The van der Waals surface area contributed by atoms with E-state index in [-0.39, 0.29) is 25.0 Å². The number of ether oxygens (including phenoxy) is 3. The van der Waals surface area contributed by atoms with Crippen molar-refractivity contribution in [2.24, 2.45) is 27.6 Å². The zero-order chi connectivity index (χ0) is 31.0. The van der Waals surface area contributed by atoms with Gasteiger partial charge in [-0.05, 0) is 30.1 Å². The van der Waals surface area contributed by atoms with Crippen LogP contribution in [0, 0.1) is 27.6 Å². The van der Waals surface area contributed by atoms with E-state index in [2.05, 4.69) is 6.58 Å². The molecule has 0 heterocycles. The van der Waals surface area contributed by atoms with Crippen LogP contribution in [0.5, 0.6) is 0 Å². The van der Waals surface area contributed by atoms with Crippen molar-refractivity contribution in [1.29, 1.82) is 0 Å². The van der Waals surface area contributed by atoms with E-state index in [0.29, 0.717) is 5.57 Å². The third-order valence-electron chi connectivity index (χ3n) is 11.4. The maximum absolute atomic E-state index is 13.8. The van der Waals surface area contributed by atoms with Gasteiger partial charge in [0.05, 0.1) is 11.5 Å². The summed E-state index contributed by atoms with van der Waals surface area (Å²) < 4.78 is 17.9. The molecular weight excluding hydrogens is 540 g/mol. The van der Waals surface area contributed by atoms with Crippen LogP contribution in [0.15, 0.2) is 48.6 Å². The maximum atomic E-state index is 13.8. The predicted octanol–water partition coefficient (Wildman–Crippen LogP) is 3.56. The Hall–Kier alpha value is -3.30. The fourth-order valence-electron chi connectivity index (χ4n) is 9.77. The van der Waals surface area contributed by atoms with Crippen LogP contribution in [0.1, 0.15) is 66.4 Å². The van der Waals surface area contributed by atoms with Gasteiger partial charge in [-0.3, -0.25) is 14.4 Å². The number of ketones is 1. The Morgan fingerprint density at radius 2 is 1.64 bits per heavy atom. The number of hydrogen-bond donors (Lipinski definition) is 2. The molecule has 9 heteroatoms. The lowest BCUT2D eigenvalue weighted by Crippen LogP contribution is -2.65. The van der Waals surface area contributed by atoms with Crippen LogP contribution in [-0.2, 0) is 33.4 Å².